The van der Waals surface area contributed by atoms with E-state index in [2.05, 4.69) is 84.7 Å². The van der Waals surface area contributed by atoms with Gasteiger partial charge in [-0.1, -0.05) is 91.5 Å². The highest BCUT2D eigenvalue weighted by Gasteiger charge is 2.05. The summed E-state index contributed by atoms with van der Waals surface area (Å²) in [5, 5.41) is 3.31. The third-order valence-electron chi connectivity index (χ3n) is 4.23. The van der Waals surface area contributed by atoms with E-state index in [1.165, 1.54) is 16.7 Å². The van der Waals surface area contributed by atoms with Crippen LogP contribution in [0.15, 0.2) is 91.5 Å². The van der Waals surface area contributed by atoms with Gasteiger partial charge in [-0.3, -0.25) is 0 Å². The van der Waals surface area contributed by atoms with Crippen LogP contribution in [0.25, 0.3) is 11.6 Å². The smallest absolute Gasteiger partial charge is 0.0419 e. The molecule has 1 N–H and O–H groups in total. The van der Waals surface area contributed by atoms with E-state index in [1.807, 2.05) is 25.2 Å². The van der Waals surface area contributed by atoms with Gasteiger partial charge in [0.25, 0.3) is 0 Å². The maximum absolute atomic E-state index is 4.24. The molecule has 3 aromatic rings. The van der Waals surface area contributed by atoms with Gasteiger partial charge in [-0.05, 0) is 34.8 Å². The van der Waals surface area contributed by atoms with Gasteiger partial charge in [0, 0.05) is 18.3 Å². The van der Waals surface area contributed by atoms with Crippen molar-refractivity contribution in [2.75, 3.05) is 12.4 Å². The SMILES string of the molecule is C=C(/C=C/c1ccccc1)c1ccc(Cc2ccccc2)cc1NC. The largest absolute Gasteiger partial charge is 0.388 e. The molecule has 0 radical (unpaired) electrons. The first-order valence-electron chi connectivity index (χ1n) is 8.53. The lowest BCUT2D eigenvalue weighted by molar-refractivity contribution is 1.19. The Kier molecular flexibility index (Phi) is 5.48. The molecule has 3 rings (SSSR count). The van der Waals surface area contributed by atoms with Crippen molar-refractivity contribution in [3.63, 3.8) is 0 Å². The van der Waals surface area contributed by atoms with Crippen LogP contribution < -0.4 is 5.32 Å². The minimum absolute atomic E-state index is 0.933. The molecule has 0 amide bonds. The molecule has 0 atom stereocenters. The Morgan fingerprint density at radius 3 is 2.24 bits per heavy atom. The molecule has 0 heterocycles. The highest BCUT2D eigenvalue weighted by Crippen LogP contribution is 2.26. The van der Waals surface area contributed by atoms with Crippen molar-refractivity contribution in [1.82, 2.24) is 0 Å². The summed E-state index contributed by atoms with van der Waals surface area (Å²) in [5.74, 6) is 0. The quantitative estimate of drug-likeness (QED) is 0.544. The second-order valence-electron chi connectivity index (χ2n) is 6.06. The summed E-state index contributed by atoms with van der Waals surface area (Å²) in [6, 6.07) is 27.4. The van der Waals surface area contributed by atoms with Crippen molar-refractivity contribution >= 4 is 17.3 Å². The summed E-state index contributed by atoms with van der Waals surface area (Å²) in [7, 11) is 1.96. The first kappa shape index (κ1) is 16.8. The zero-order valence-electron chi connectivity index (χ0n) is 14.6. The van der Waals surface area contributed by atoms with Crippen molar-refractivity contribution in [2.45, 2.75) is 6.42 Å². The zero-order valence-corrected chi connectivity index (χ0v) is 14.6. The maximum Gasteiger partial charge on any atom is 0.0419 e. The lowest BCUT2D eigenvalue weighted by Crippen LogP contribution is -1.97. The summed E-state index contributed by atoms with van der Waals surface area (Å²) in [6.45, 7) is 4.24. The molecule has 0 bridgehead atoms. The van der Waals surface area contributed by atoms with Gasteiger partial charge in [-0.2, -0.15) is 0 Å². The Hall–Kier alpha value is -3.06. The van der Waals surface area contributed by atoms with Crippen LogP contribution in [0.4, 0.5) is 5.69 Å². The molecule has 0 unspecified atom stereocenters. The number of anilines is 1. The number of allylic oxidation sites excluding steroid dienone is 2. The van der Waals surface area contributed by atoms with E-state index in [0.717, 1.165) is 23.2 Å². The number of benzene rings is 3. The van der Waals surface area contributed by atoms with Crippen molar-refractivity contribution in [1.29, 1.82) is 0 Å². The Labute approximate surface area is 150 Å². The fourth-order valence-electron chi connectivity index (χ4n) is 2.87. The summed E-state index contributed by atoms with van der Waals surface area (Å²) in [5.41, 5.74) is 7.02. The van der Waals surface area contributed by atoms with Gasteiger partial charge in [0.2, 0.25) is 0 Å². The van der Waals surface area contributed by atoms with Gasteiger partial charge in [-0.25, -0.2) is 0 Å². The molecule has 0 spiro atoms. The third kappa shape index (κ3) is 4.48. The van der Waals surface area contributed by atoms with Gasteiger partial charge in [0.05, 0.1) is 0 Å². The Bertz CT molecular complexity index is 861. The van der Waals surface area contributed by atoms with Gasteiger partial charge in [0.15, 0.2) is 0 Å². The molecule has 0 aliphatic rings. The van der Waals surface area contributed by atoms with Crippen LogP contribution in [0, 0.1) is 0 Å². The van der Waals surface area contributed by atoms with E-state index in [-0.39, 0.29) is 0 Å². The molecular formula is C24H23N. The van der Waals surface area contributed by atoms with E-state index in [1.54, 1.807) is 0 Å². The van der Waals surface area contributed by atoms with Crippen molar-refractivity contribution in [3.8, 4) is 0 Å². The van der Waals surface area contributed by atoms with Crippen LogP contribution in [-0.2, 0) is 6.42 Å². The summed E-state index contributed by atoms with van der Waals surface area (Å²) in [6.07, 6.45) is 5.10. The van der Waals surface area contributed by atoms with Gasteiger partial charge in [-0.15, -0.1) is 0 Å². The molecule has 124 valence electrons. The Morgan fingerprint density at radius 2 is 1.56 bits per heavy atom. The molecule has 1 nitrogen and oxygen atoms in total. The number of hydrogen-bond donors (Lipinski definition) is 1. The van der Waals surface area contributed by atoms with Crippen LogP contribution in [0.1, 0.15) is 22.3 Å². The lowest BCUT2D eigenvalue weighted by Gasteiger charge is -2.12. The first-order chi connectivity index (χ1) is 12.3. The monoisotopic (exact) mass is 325 g/mol. The highest BCUT2D eigenvalue weighted by atomic mass is 14.8. The predicted octanol–water partition coefficient (Wildman–Crippen LogP) is 6.05. The number of nitrogens with one attached hydrogen (secondary N) is 1. The van der Waals surface area contributed by atoms with E-state index in [4.69, 9.17) is 0 Å². The average Bonchev–Trinajstić information content (AvgIpc) is 2.67. The van der Waals surface area contributed by atoms with Crippen LogP contribution in [-0.4, -0.2) is 7.05 Å². The summed E-state index contributed by atoms with van der Waals surface area (Å²) >= 11 is 0. The van der Waals surface area contributed by atoms with E-state index in [0.29, 0.717) is 0 Å². The maximum atomic E-state index is 4.24. The van der Waals surface area contributed by atoms with Crippen LogP contribution in [0.5, 0.6) is 0 Å². The molecule has 0 saturated heterocycles. The third-order valence-corrected chi connectivity index (χ3v) is 4.23. The Morgan fingerprint density at radius 1 is 0.880 bits per heavy atom. The summed E-state index contributed by atoms with van der Waals surface area (Å²) < 4.78 is 0. The van der Waals surface area contributed by atoms with Gasteiger partial charge >= 0.3 is 0 Å². The fourth-order valence-corrected chi connectivity index (χ4v) is 2.87. The molecule has 0 saturated carbocycles. The molecule has 1 heteroatoms. The first-order valence-corrected chi connectivity index (χ1v) is 8.53. The molecule has 25 heavy (non-hydrogen) atoms. The molecule has 0 fully saturated rings. The molecule has 0 aliphatic heterocycles. The standard InChI is InChI=1S/C24H23N/c1-19(13-14-20-9-5-3-6-10-20)23-16-15-22(18-24(23)25-2)17-21-11-7-4-8-12-21/h3-16,18,25H,1,17H2,2H3/b14-13+. The van der Waals surface area contributed by atoms with Crippen molar-refractivity contribution < 1.29 is 0 Å². The fraction of sp³-hybridized carbons (Fsp3) is 0.0833. The van der Waals surface area contributed by atoms with Crippen LogP contribution in [0.3, 0.4) is 0 Å². The second-order valence-corrected chi connectivity index (χ2v) is 6.06. The summed E-state index contributed by atoms with van der Waals surface area (Å²) in [4.78, 5) is 0. The van der Waals surface area contributed by atoms with Crippen LogP contribution in [0.2, 0.25) is 0 Å². The second kappa shape index (κ2) is 8.16. The normalized spacial score (nSPS) is 10.8. The van der Waals surface area contributed by atoms with E-state index >= 15 is 0 Å². The molecular weight excluding hydrogens is 302 g/mol. The van der Waals surface area contributed by atoms with Crippen LogP contribution >= 0.6 is 0 Å². The van der Waals surface area contributed by atoms with Crippen molar-refractivity contribution in [3.05, 3.63) is 114 Å². The Balaban J connectivity index is 1.79. The molecule has 0 aliphatic carbocycles. The van der Waals surface area contributed by atoms with E-state index < -0.39 is 0 Å². The molecule has 3 aromatic carbocycles. The average molecular weight is 325 g/mol. The zero-order chi connectivity index (χ0) is 17.5. The van der Waals surface area contributed by atoms with Crippen molar-refractivity contribution in [2.24, 2.45) is 0 Å². The highest BCUT2D eigenvalue weighted by molar-refractivity contribution is 5.84. The number of hydrogen-bond acceptors (Lipinski definition) is 1. The minimum Gasteiger partial charge on any atom is -0.388 e. The van der Waals surface area contributed by atoms with Gasteiger partial charge < -0.3 is 5.32 Å². The molecule has 0 aromatic heterocycles. The van der Waals surface area contributed by atoms with E-state index in [9.17, 15) is 0 Å². The lowest BCUT2D eigenvalue weighted by atomic mass is 9.98. The minimum atomic E-state index is 0.933. The topological polar surface area (TPSA) is 12.0 Å². The van der Waals surface area contributed by atoms with Gasteiger partial charge in [0.1, 0.15) is 0 Å². The number of rotatable bonds is 6. The predicted molar refractivity (Wildman–Crippen MR) is 110 cm³/mol.